The summed E-state index contributed by atoms with van der Waals surface area (Å²) in [6.45, 7) is 0. The second-order valence-corrected chi connectivity index (χ2v) is 14.3. The van der Waals surface area contributed by atoms with Crippen LogP contribution >= 0.6 is 11.3 Å². The minimum Gasteiger partial charge on any atom is -0.308 e. The first-order chi connectivity index (χ1) is 25.8. The molecular formula is C47H28N4S. The van der Waals surface area contributed by atoms with Crippen LogP contribution in [-0.4, -0.2) is 19.5 Å². The number of benzene rings is 8. The molecule has 0 unspecified atom stereocenters. The van der Waals surface area contributed by atoms with Gasteiger partial charge in [0, 0.05) is 53.3 Å². The largest absolute Gasteiger partial charge is 0.308 e. The van der Waals surface area contributed by atoms with E-state index >= 15 is 0 Å². The van der Waals surface area contributed by atoms with E-state index in [1.54, 1.807) is 0 Å². The van der Waals surface area contributed by atoms with E-state index in [4.69, 9.17) is 15.0 Å². The molecule has 3 aromatic heterocycles. The van der Waals surface area contributed by atoms with Gasteiger partial charge in [0.15, 0.2) is 17.5 Å². The van der Waals surface area contributed by atoms with Crippen molar-refractivity contribution in [2.45, 2.75) is 0 Å². The molecule has 52 heavy (non-hydrogen) atoms. The smallest absolute Gasteiger partial charge is 0.166 e. The maximum Gasteiger partial charge on any atom is 0.166 e. The molecule has 0 aliphatic rings. The van der Waals surface area contributed by atoms with Crippen LogP contribution in [0.2, 0.25) is 0 Å². The zero-order valence-electron chi connectivity index (χ0n) is 27.9. The van der Waals surface area contributed by atoms with E-state index in [1.165, 1.54) is 47.1 Å². The molecule has 0 saturated carbocycles. The molecule has 242 valence electrons. The molecule has 11 rings (SSSR count). The molecule has 0 N–H and O–H groups in total. The molecule has 8 aromatic carbocycles. The lowest BCUT2D eigenvalue weighted by Crippen LogP contribution is -2.02. The van der Waals surface area contributed by atoms with Crippen molar-refractivity contribution in [3.05, 3.63) is 170 Å². The zero-order chi connectivity index (χ0) is 34.2. The van der Waals surface area contributed by atoms with Crippen LogP contribution in [0.1, 0.15) is 0 Å². The number of thiophene rings is 1. The highest BCUT2D eigenvalue weighted by atomic mass is 32.1. The van der Waals surface area contributed by atoms with Crippen LogP contribution in [0.4, 0.5) is 0 Å². The second-order valence-electron chi connectivity index (χ2n) is 13.2. The molecule has 0 spiro atoms. The minimum atomic E-state index is 0.639. The SMILES string of the molecule is c1ccc(-c2nc(-c3ccc4sc5c6ccccc6ccc5c4c3)nc(-c3cccc4c5c6ccccc6ccc5n(-c5ccccc5)c34)n2)cc1. The first-order valence-corrected chi connectivity index (χ1v) is 18.3. The average molecular weight is 681 g/mol. The third kappa shape index (κ3) is 4.43. The van der Waals surface area contributed by atoms with Gasteiger partial charge in [-0.3, -0.25) is 0 Å². The first kappa shape index (κ1) is 29.1. The third-order valence-electron chi connectivity index (χ3n) is 10.2. The molecule has 0 radical (unpaired) electrons. The van der Waals surface area contributed by atoms with E-state index in [0.29, 0.717) is 17.5 Å². The predicted octanol–water partition coefficient (Wildman–Crippen LogP) is 12.6. The number of aromatic nitrogens is 4. The van der Waals surface area contributed by atoms with Crippen molar-refractivity contribution in [1.29, 1.82) is 0 Å². The molecule has 3 heterocycles. The van der Waals surface area contributed by atoms with E-state index in [0.717, 1.165) is 38.8 Å². The lowest BCUT2D eigenvalue weighted by Gasteiger charge is -2.12. The summed E-state index contributed by atoms with van der Waals surface area (Å²) in [6.07, 6.45) is 0. The predicted molar refractivity (Wildman–Crippen MR) is 218 cm³/mol. The molecule has 0 saturated heterocycles. The normalized spacial score (nSPS) is 11.8. The Labute approximate surface area is 302 Å². The average Bonchev–Trinajstić information content (AvgIpc) is 3.77. The van der Waals surface area contributed by atoms with E-state index in [9.17, 15) is 0 Å². The van der Waals surface area contributed by atoms with Crippen LogP contribution in [0.25, 0.3) is 103 Å². The van der Waals surface area contributed by atoms with Crippen LogP contribution in [-0.2, 0) is 0 Å². The fraction of sp³-hybridized carbons (Fsp3) is 0. The number of nitrogens with zero attached hydrogens (tertiary/aromatic N) is 4. The molecule has 4 nitrogen and oxygen atoms in total. The highest BCUT2D eigenvalue weighted by molar-refractivity contribution is 7.26. The van der Waals surface area contributed by atoms with Crippen molar-refractivity contribution in [3.8, 4) is 39.9 Å². The third-order valence-corrected chi connectivity index (χ3v) is 11.4. The summed E-state index contributed by atoms with van der Waals surface area (Å²) in [5.41, 5.74) is 6.17. The van der Waals surface area contributed by atoms with Gasteiger partial charge < -0.3 is 4.57 Å². The van der Waals surface area contributed by atoms with Gasteiger partial charge in [0.05, 0.1) is 11.0 Å². The Morgan fingerprint density at radius 2 is 1.08 bits per heavy atom. The Hall–Kier alpha value is -6.69. The Balaban J connectivity index is 1.20. The van der Waals surface area contributed by atoms with E-state index in [1.807, 2.05) is 29.5 Å². The quantitative estimate of drug-likeness (QED) is 0.186. The minimum absolute atomic E-state index is 0.639. The number of hydrogen-bond donors (Lipinski definition) is 0. The highest BCUT2D eigenvalue weighted by Gasteiger charge is 2.21. The zero-order valence-corrected chi connectivity index (χ0v) is 28.7. The van der Waals surface area contributed by atoms with Gasteiger partial charge in [-0.2, -0.15) is 0 Å². The Morgan fingerprint density at radius 3 is 1.90 bits per heavy atom. The van der Waals surface area contributed by atoms with Crippen LogP contribution in [0.5, 0.6) is 0 Å². The van der Waals surface area contributed by atoms with Crippen molar-refractivity contribution < 1.29 is 0 Å². The van der Waals surface area contributed by atoms with Gasteiger partial charge in [-0.25, -0.2) is 15.0 Å². The van der Waals surface area contributed by atoms with Crippen molar-refractivity contribution in [3.63, 3.8) is 0 Å². The van der Waals surface area contributed by atoms with E-state index < -0.39 is 0 Å². The standard InChI is InChI=1S/C47H28N4S/c1-3-14-31(15-4-1)45-48-46(32-24-27-41-39(28-32)36-25-22-30-13-8-10-19-35(30)44(36)52-41)50-47(49-45)38-21-11-20-37-42-34-18-9-7-12-29(34)23-26-40(42)51(43(37)38)33-16-5-2-6-17-33/h1-28H. The molecule has 0 amide bonds. The van der Waals surface area contributed by atoms with Gasteiger partial charge in [0.2, 0.25) is 0 Å². The number of rotatable bonds is 4. The summed E-state index contributed by atoms with van der Waals surface area (Å²) < 4.78 is 4.92. The highest BCUT2D eigenvalue weighted by Crippen LogP contribution is 2.42. The molecule has 0 atom stereocenters. The number of fused-ring (bicyclic) bond motifs is 10. The van der Waals surface area contributed by atoms with Gasteiger partial charge in [0.1, 0.15) is 0 Å². The van der Waals surface area contributed by atoms with Crippen LogP contribution < -0.4 is 0 Å². The lowest BCUT2D eigenvalue weighted by molar-refractivity contribution is 1.07. The summed E-state index contributed by atoms with van der Waals surface area (Å²) in [4.78, 5) is 15.7. The Morgan fingerprint density at radius 1 is 0.423 bits per heavy atom. The van der Waals surface area contributed by atoms with Crippen molar-refractivity contribution in [2.75, 3.05) is 0 Å². The molecule has 5 heteroatoms. The van der Waals surface area contributed by atoms with Gasteiger partial charge in [-0.05, 0) is 64.0 Å². The topological polar surface area (TPSA) is 43.6 Å². The van der Waals surface area contributed by atoms with Gasteiger partial charge >= 0.3 is 0 Å². The van der Waals surface area contributed by atoms with Crippen LogP contribution in [0.15, 0.2) is 170 Å². The van der Waals surface area contributed by atoms with Crippen molar-refractivity contribution in [2.24, 2.45) is 0 Å². The van der Waals surface area contributed by atoms with Gasteiger partial charge in [0.25, 0.3) is 0 Å². The van der Waals surface area contributed by atoms with E-state index in [-0.39, 0.29) is 0 Å². The maximum absolute atomic E-state index is 5.31. The molecule has 0 bridgehead atoms. The molecule has 11 aromatic rings. The summed E-state index contributed by atoms with van der Waals surface area (Å²) in [7, 11) is 0. The van der Waals surface area contributed by atoms with Crippen molar-refractivity contribution in [1.82, 2.24) is 19.5 Å². The monoisotopic (exact) mass is 680 g/mol. The maximum atomic E-state index is 5.31. The van der Waals surface area contributed by atoms with Crippen molar-refractivity contribution >= 4 is 74.9 Å². The summed E-state index contributed by atoms with van der Waals surface area (Å²) in [6, 6.07) is 60.1. The van der Waals surface area contributed by atoms with Crippen LogP contribution in [0.3, 0.4) is 0 Å². The van der Waals surface area contributed by atoms with E-state index in [2.05, 4.69) is 156 Å². The number of para-hydroxylation sites is 2. The first-order valence-electron chi connectivity index (χ1n) is 17.5. The Kier molecular flexibility index (Phi) is 6.39. The molecular weight excluding hydrogens is 653 g/mol. The molecule has 0 aliphatic heterocycles. The lowest BCUT2D eigenvalue weighted by atomic mass is 10.0. The second kappa shape index (κ2) is 11.4. The summed E-state index contributed by atoms with van der Waals surface area (Å²) in [5.74, 6) is 1.93. The number of hydrogen-bond acceptors (Lipinski definition) is 4. The molecule has 0 fully saturated rings. The van der Waals surface area contributed by atoms with Gasteiger partial charge in [-0.15, -0.1) is 11.3 Å². The van der Waals surface area contributed by atoms with Crippen LogP contribution in [0, 0.1) is 0 Å². The Bertz CT molecular complexity index is 3180. The summed E-state index contributed by atoms with van der Waals surface area (Å²) >= 11 is 1.84. The fourth-order valence-electron chi connectivity index (χ4n) is 7.85. The van der Waals surface area contributed by atoms with Gasteiger partial charge in [-0.1, -0.05) is 127 Å². The fourth-order valence-corrected chi connectivity index (χ4v) is 9.07. The molecule has 0 aliphatic carbocycles. The summed E-state index contributed by atoms with van der Waals surface area (Å²) in [5, 5.41) is 9.83.